The van der Waals surface area contributed by atoms with Crippen LogP contribution in [0.2, 0.25) is 5.15 Å². The van der Waals surface area contributed by atoms with Crippen molar-refractivity contribution in [3.05, 3.63) is 47.5 Å². The fraction of sp³-hybridized carbons (Fsp3) is 0.450. The molecule has 3 aromatic rings. The Hall–Kier alpha value is -3.22. The summed E-state index contributed by atoms with van der Waals surface area (Å²) in [5, 5.41) is 17.3. The van der Waals surface area contributed by atoms with E-state index < -0.39 is 40.5 Å². The van der Waals surface area contributed by atoms with Crippen LogP contribution in [-0.4, -0.2) is 52.3 Å². The van der Waals surface area contributed by atoms with Crippen LogP contribution in [0.1, 0.15) is 31.7 Å². The molecule has 1 saturated carbocycles. The van der Waals surface area contributed by atoms with Gasteiger partial charge in [-0.3, -0.25) is 0 Å². The number of anilines is 1. The SMILES string of the molecule is C[C@@H]1C[C@@H]2C[C@](Cn3cnnc3)(C1)N2C(=O)Nc1cc(-n2ncc(Cl)n2)c(C(F)(F)F)cc1F. The van der Waals surface area contributed by atoms with Gasteiger partial charge < -0.3 is 14.8 Å². The smallest absolute Gasteiger partial charge is 0.318 e. The van der Waals surface area contributed by atoms with Gasteiger partial charge in [0.1, 0.15) is 24.2 Å². The number of carbonyl (C=O) groups is 1. The van der Waals surface area contributed by atoms with Crippen molar-refractivity contribution in [3.63, 3.8) is 0 Å². The first-order chi connectivity index (χ1) is 16.1. The number of nitrogens with one attached hydrogen (secondary N) is 1. The molecular weight excluding hydrogens is 480 g/mol. The fourth-order valence-corrected chi connectivity index (χ4v) is 5.40. The molecule has 2 aliphatic heterocycles. The molecule has 1 aliphatic carbocycles. The Morgan fingerprint density at radius 2 is 2.00 bits per heavy atom. The van der Waals surface area contributed by atoms with E-state index in [0.29, 0.717) is 23.3 Å². The van der Waals surface area contributed by atoms with Crippen molar-refractivity contribution in [2.75, 3.05) is 5.32 Å². The number of carbonyl (C=O) groups excluding carboxylic acids is 1. The van der Waals surface area contributed by atoms with Crippen LogP contribution in [0.4, 0.5) is 28.0 Å². The lowest BCUT2D eigenvalue weighted by atomic mass is 9.64. The number of benzene rings is 1. The standard InChI is InChI=1S/C20H19ClF4N8O/c1-11-2-12-6-19(5-11,8-31-9-26-27-10-31)32(12)18(34)29-15-4-16(33-28-7-17(21)30-33)13(3-14(15)22)20(23,24)25/h3-4,7,9-12H,2,5-6,8H2,1H3,(H,29,34)/t11-,12-,19+/m1/s1. The summed E-state index contributed by atoms with van der Waals surface area (Å²) in [5.74, 6) is -0.848. The molecule has 6 rings (SSSR count). The van der Waals surface area contributed by atoms with E-state index in [1.165, 1.54) is 0 Å². The first-order valence-electron chi connectivity index (χ1n) is 10.5. The maximum Gasteiger partial charge on any atom is 0.418 e. The van der Waals surface area contributed by atoms with Crippen molar-refractivity contribution < 1.29 is 22.4 Å². The lowest BCUT2D eigenvalue weighted by Crippen LogP contribution is -2.73. The number of amides is 2. The molecule has 3 aliphatic rings. The van der Waals surface area contributed by atoms with Gasteiger partial charge in [0.05, 0.1) is 23.0 Å². The van der Waals surface area contributed by atoms with Gasteiger partial charge in [-0.15, -0.1) is 20.1 Å². The van der Waals surface area contributed by atoms with Gasteiger partial charge in [-0.25, -0.2) is 9.18 Å². The normalized spacial score (nSPS) is 24.1. The Balaban J connectivity index is 1.46. The number of halogens is 5. The quantitative estimate of drug-likeness (QED) is 0.546. The van der Waals surface area contributed by atoms with Crippen LogP contribution in [0, 0.1) is 11.7 Å². The number of fused-ring (bicyclic) bond motifs is 2. The molecule has 1 N–H and O–H groups in total. The zero-order chi connectivity index (χ0) is 24.3. The van der Waals surface area contributed by atoms with Gasteiger partial charge in [0.15, 0.2) is 5.15 Å². The van der Waals surface area contributed by atoms with Crippen LogP contribution >= 0.6 is 11.6 Å². The van der Waals surface area contributed by atoms with Crippen LogP contribution in [-0.2, 0) is 12.7 Å². The van der Waals surface area contributed by atoms with E-state index in [9.17, 15) is 22.4 Å². The van der Waals surface area contributed by atoms with Crippen LogP contribution in [0.25, 0.3) is 5.69 Å². The van der Waals surface area contributed by atoms with Gasteiger partial charge in [-0.05, 0) is 37.3 Å². The number of piperidine rings is 1. The molecule has 3 atom stereocenters. The summed E-state index contributed by atoms with van der Waals surface area (Å²) in [6.45, 7) is 2.57. The molecule has 14 heteroatoms. The summed E-state index contributed by atoms with van der Waals surface area (Å²) in [7, 11) is 0. The van der Waals surface area contributed by atoms with Crippen molar-refractivity contribution in [2.45, 2.75) is 50.5 Å². The molecule has 0 radical (unpaired) electrons. The van der Waals surface area contributed by atoms with Gasteiger partial charge in [0.25, 0.3) is 0 Å². The molecule has 2 saturated heterocycles. The predicted molar refractivity (Wildman–Crippen MR) is 112 cm³/mol. The lowest BCUT2D eigenvalue weighted by Gasteiger charge is -2.63. The highest BCUT2D eigenvalue weighted by Crippen LogP contribution is 2.51. The highest BCUT2D eigenvalue weighted by atomic mass is 35.5. The Labute approximate surface area is 195 Å². The van der Waals surface area contributed by atoms with E-state index in [1.807, 2.05) is 0 Å². The van der Waals surface area contributed by atoms with Crippen molar-refractivity contribution in [3.8, 4) is 5.69 Å². The lowest BCUT2D eigenvalue weighted by molar-refractivity contribution is -0.137. The third-order valence-corrected chi connectivity index (χ3v) is 6.54. The minimum Gasteiger partial charge on any atom is -0.318 e. The molecule has 2 aromatic heterocycles. The third kappa shape index (κ3) is 3.87. The molecule has 2 bridgehead atoms. The van der Waals surface area contributed by atoms with Crippen molar-refractivity contribution >= 4 is 23.3 Å². The number of nitrogens with zero attached hydrogens (tertiary/aromatic N) is 7. The predicted octanol–water partition coefficient (Wildman–Crippen LogP) is 4.15. The zero-order valence-electron chi connectivity index (χ0n) is 17.8. The van der Waals surface area contributed by atoms with E-state index in [-0.39, 0.29) is 11.2 Å². The zero-order valence-corrected chi connectivity index (χ0v) is 18.6. The maximum absolute atomic E-state index is 14.7. The first-order valence-corrected chi connectivity index (χ1v) is 10.9. The number of alkyl halides is 3. The summed E-state index contributed by atoms with van der Waals surface area (Å²) in [6, 6.07) is 0.529. The highest BCUT2D eigenvalue weighted by molar-refractivity contribution is 6.29. The van der Waals surface area contributed by atoms with E-state index >= 15 is 0 Å². The highest BCUT2D eigenvalue weighted by Gasteiger charge is 2.58. The fourth-order valence-electron chi connectivity index (χ4n) is 5.29. The molecule has 3 fully saturated rings. The van der Waals surface area contributed by atoms with E-state index in [1.54, 1.807) is 22.1 Å². The van der Waals surface area contributed by atoms with E-state index in [0.717, 1.165) is 31.5 Å². The van der Waals surface area contributed by atoms with Crippen LogP contribution in [0.3, 0.4) is 0 Å². The number of hydrogen-bond donors (Lipinski definition) is 1. The summed E-state index contributed by atoms with van der Waals surface area (Å²) in [4.78, 5) is 15.6. The number of aromatic nitrogens is 6. The minimum atomic E-state index is -4.88. The largest absolute Gasteiger partial charge is 0.418 e. The van der Waals surface area contributed by atoms with Crippen molar-refractivity contribution in [1.82, 2.24) is 34.7 Å². The first kappa shape index (κ1) is 22.6. The number of hydrogen-bond acceptors (Lipinski definition) is 5. The Morgan fingerprint density at radius 1 is 1.26 bits per heavy atom. The van der Waals surface area contributed by atoms with Crippen molar-refractivity contribution in [1.29, 1.82) is 0 Å². The van der Waals surface area contributed by atoms with Gasteiger partial charge in [0, 0.05) is 12.6 Å². The summed E-state index contributed by atoms with van der Waals surface area (Å²) >= 11 is 5.70. The van der Waals surface area contributed by atoms with Crippen LogP contribution < -0.4 is 5.32 Å². The molecule has 2 amide bonds. The topological polar surface area (TPSA) is 93.8 Å². The minimum absolute atomic E-state index is 0.0520. The monoisotopic (exact) mass is 498 g/mol. The van der Waals surface area contributed by atoms with E-state index in [2.05, 4.69) is 32.6 Å². The molecule has 1 aromatic carbocycles. The summed E-state index contributed by atoms with van der Waals surface area (Å²) < 4.78 is 57.2. The molecule has 0 spiro atoms. The molecule has 0 unspecified atom stereocenters. The Kier molecular flexibility index (Phi) is 5.26. The van der Waals surface area contributed by atoms with Gasteiger partial charge in [-0.1, -0.05) is 18.5 Å². The summed E-state index contributed by atoms with van der Waals surface area (Å²) in [5.41, 5.74) is -2.79. The van der Waals surface area contributed by atoms with Gasteiger partial charge >= 0.3 is 12.2 Å². The molecule has 34 heavy (non-hydrogen) atoms. The van der Waals surface area contributed by atoms with E-state index in [4.69, 9.17) is 11.6 Å². The maximum atomic E-state index is 14.7. The van der Waals surface area contributed by atoms with Gasteiger partial charge in [0.2, 0.25) is 0 Å². The second-order valence-corrected chi connectivity index (χ2v) is 9.25. The van der Waals surface area contributed by atoms with Gasteiger partial charge in [-0.2, -0.15) is 18.3 Å². The molecule has 180 valence electrons. The van der Waals surface area contributed by atoms with Crippen LogP contribution in [0.15, 0.2) is 31.0 Å². The Morgan fingerprint density at radius 3 is 2.65 bits per heavy atom. The summed E-state index contributed by atoms with van der Waals surface area (Å²) in [6.07, 6.45) is 1.56. The second kappa shape index (κ2) is 7.93. The third-order valence-electron chi connectivity index (χ3n) is 6.37. The average molecular weight is 499 g/mol. The number of urea groups is 1. The van der Waals surface area contributed by atoms with Crippen LogP contribution in [0.5, 0.6) is 0 Å². The molecule has 4 heterocycles. The Bertz CT molecular complexity index is 1230. The molecular formula is C20H19ClF4N8O. The van der Waals surface area contributed by atoms with Crippen molar-refractivity contribution in [2.24, 2.45) is 5.92 Å². The molecule has 9 nitrogen and oxygen atoms in total. The second-order valence-electron chi connectivity index (χ2n) is 8.87. The number of rotatable bonds is 4. The average Bonchev–Trinajstić information content (AvgIpc) is 3.39.